The molecule has 128 valence electrons. The summed E-state index contributed by atoms with van der Waals surface area (Å²) in [6.45, 7) is 3.50. The van der Waals surface area contributed by atoms with E-state index in [1.165, 1.54) is 6.07 Å². The molecule has 0 spiro atoms. The van der Waals surface area contributed by atoms with Crippen molar-refractivity contribution >= 4 is 5.91 Å². The maximum absolute atomic E-state index is 12.9. The van der Waals surface area contributed by atoms with Gasteiger partial charge in [-0.2, -0.15) is 13.2 Å². The van der Waals surface area contributed by atoms with Crippen molar-refractivity contribution in [2.75, 3.05) is 0 Å². The molecule has 0 saturated heterocycles. The van der Waals surface area contributed by atoms with Crippen LogP contribution in [0.2, 0.25) is 0 Å². The largest absolute Gasteiger partial charge is 0.456 e. The zero-order valence-corrected chi connectivity index (χ0v) is 13.4. The number of aryl methyl sites for hydroxylation is 1. The molecule has 1 fully saturated rings. The van der Waals surface area contributed by atoms with Crippen LogP contribution in [0.5, 0.6) is 0 Å². The smallest absolute Gasteiger partial charge is 0.416 e. The third kappa shape index (κ3) is 3.32. The molecule has 1 amide bonds. The van der Waals surface area contributed by atoms with Crippen LogP contribution in [0.25, 0.3) is 0 Å². The van der Waals surface area contributed by atoms with Crippen molar-refractivity contribution in [3.8, 4) is 0 Å². The zero-order valence-electron chi connectivity index (χ0n) is 13.4. The number of amides is 1. The van der Waals surface area contributed by atoms with Crippen molar-refractivity contribution in [2.24, 2.45) is 0 Å². The second-order valence-electron chi connectivity index (χ2n) is 6.15. The van der Waals surface area contributed by atoms with E-state index in [4.69, 9.17) is 4.42 Å². The Bertz CT molecular complexity index is 747. The molecule has 0 bridgehead atoms. The van der Waals surface area contributed by atoms with E-state index in [1.54, 1.807) is 36.9 Å². The lowest BCUT2D eigenvalue weighted by Gasteiger charge is -2.29. The Balaban J connectivity index is 1.90. The molecule has 1 aliphatic rings. The number of nitrogens with zero attached hydrogens (tertiary/aromatic N) is 1. The van der Waals surface area contributed by atoms with Crippen LogP contribution in [-0.2, 0) is 6.18 Å². The minimum Gasteiger partial charge on any atom is -0.456 e. The van der Waals surface area contributed by atoms with Crippen molar-refractivity contribution in [1.82, 2.24) is 4.90 Å². The first-order valence-corrected chi connectivity index (χ1v) is 7.83. The summed E-state index contributed by atoms with van der Waals surface area (Å²) in [6, 6.07) is 8.04. The Morgan fingerprint density at radius 2 is 1.96 bits per heavy atom. The Kier molecular flexibility index (Phi) is 4.15. The average Bonchev–Trinajstić information content (AvgIpc) is 3.26. The number of benzene rings is 1. The molecule has 0 aliphatic heterocycles. The first kappa shape index (κ1) is 16.6. The van der Waals surface area contributed by atoms with E-state index < -0.39 is 17.8 Å². The van der Waals surface area contributed by atoms with Crippen LogP contribution >= 0.6 is 0 Å². The first-order chi connectivity index (χ1) is 11.3. The molecule has 1 aromatic carbocycles. The predicted molar refractivity (Wildman–Crippen MR) is 82.5 cm³/mol. The van der Waals surface area contributed by atoms with Crippen molar-refractivity contribution in [2.45, 2.75) is 44.9 Å². The number of carbonyl (C=O) groups is 1. The topological polar surface area (TPSA) is 33.5 Å². The molecule has 3 rings (SSSR count). The highest BCUT2D eigenvalue weighted by Crippen LogP contribution is 2.37. The molecular weight excluding hydrogens is 319 g/mol. The number of rotatable bonds is 4. The van der Waals surface area contributed by atoms with Gasteiger partial charge in [-0.25, -0.2) is 0 Å². The summed E-state index contributed by atoms with van der Waals surface area (Å²) in [6.07, 6.45) is -2.69. The molecule has 1 aromatic heterocycles. The highest BCUT2D eigenvalue weighted by Gasteiger charge is 2.38. The van der Waals surface area contributed by atoms with Gasteiger partial charge in [-0.1, -0.05) is 12.1 Å². The lowest BCUT2D eigenvalue weighted by molar-refractivity contribution is -0.137. The second kappa shape index (κ2) is 6.00. The quantitative estimate of drug-likeness (QED) is 0.789. The van der Waals surface area contributed by atoms with Gasteiger partial charge in [-0.3, -0.25) is 4.79 Å². The van der Waals surface area contributed by atoms with Crippen LogP contribution < -0.4 is 0 Å². The zero-order chi connectivity index (χ0) is 17.5. The summed E-state index contributed by atoms with van der Waals surface area (Å²) in [5, 5.41) is 0. The Morgan fingerprint density at radius 3 is 2.50 bits per heavy atom. The van der Waals surface area contributed by atoms with Crippen molar-refractivity contribution < 1.29 is 22.4 Å². The van der Waals surface area contributed by atoms with Crippen LogP contribution in [-0.4, -0.2) is 16.8 Å². The minimum absolute atomic E-state index is 0.0486. The average molecular weight is 337 g/mol. The summed E-state index contributed by atoms with van der Waals surface area (Å²) >= 11 is 0. The number of halogens is 3. The van der Waals surface area contributed by atoms with Crippen LogP contribution in [0.1, 0.15) is 53.2 Å². The minimum atomic E-state index is -4.40. The highest BCUT2D eigenvalue weighted by molar-refractivity contribution is 5.92. The number of hydrogen-bond donors (Lipinski definition) is 0. The molecule has 1 heterocycles. The summed E-state index contributed by atoms with van der Waals surface area (Å²) < 4.78 is 44.2. The van der Waals surface area contributed by atoms with Gasteiger partial charge in [-0.15, -0.1) is 0 Å². The van der Waals surface area contributed by atoms with E-state index in [0.29, 0.717) is 11.3 Å². The third-order valence-corrected chi connectivity index (χ3v) is 4.24. The first-order valence-electron chi connectivity index (χ1n) is 7.83. The molecule has 1 atom stereocenters. The third-order valence-electron chi connectivity index (χ3n) is 4.24. The Morgan fingerprint density at radius 1 is 1.25 bits per heavy atom. The van der Waals surface area contributed by atoms with Gasteiger partial charge in [0, 0.05) is 6.04 Å². The molecule has 0 unspecified atom stereocenters. The predicted octanol–water partition coefficient (Wildman–Crippen LogP) is 4.97. The number of hydrogen-bond acceptors (Lipinski definition) is 2. The van der Waals surface area contributed by atoms with Crippen LogP contribution in [0.4, 0.5) is 13.2 Å². The van der Waals surface area contributed by atoms with E-state index >= 15 is 0 Å². The number of furan rings is 1. The van der Waals surface area contributed by atoms with Gasteiger partial charge in [0.1, 0.15) is 5.76 Å². The number of alkyl halides is 3. The fourth-order valence-electron chi connectivity index (χ4n) is 2.82. The standard InChI is InChI=1S/C18H18F3NO2/c1-11-6-9-16(24-11)17(23)22(15-7-8-15)12(2)13-4-3-5-14(10-13)18(19,20)21/h3-6,9-10,12,15H,7-8H2,1-2H3/t12-/m1/s1. The fraction of sp³-hybridized carbons (Fsp3) is 0.389. The van der Waals surface area contributed by atoms with Crippen molar-refractivity contribution in [3.05, 3.63) is 59.0 Å². The summed E-state index contributed by atoms with van der Waals surface area (Å²) in [5.74, 6) is 0.564. The van der Waals surface area contributed by atoms with E-state index in [2.05, 4.69) is 0 Å². The lowest BCUT2D eigenvalue weighted by atomic mass is 10.0. The summed E-state index contributed by atoms with van der Waals surface area (Å²) in [4.78, 5) is 14.4. The lowest BCUT2D eigenvalue weighted by Crippen LogP contribution is -2.35. The number of carbonyl (C=O) groups excluding carboxylic acids is 1. The monoisotopic (exact) mass is 337 g/mol. The van der Waals surface area contributed by atoms with E-state index in [9.17, 15) is 18.0 Å². The van der Waals surface area contributed by atoms with E-state index in [-0.39, 0.29) is 17.7 Å². The normalized spacial score (nSPS) is 16.0. The molecule has 24 heavy (non-hydrogen) atoms. The van der Waals surface area contributed by atoms with Crippen molar-refractivity contribution in [3.63, 3.8) is 0 Å². The molecule has 0 N–H and O–H groups in total. The van der Waals surface area contributed by atoms with Gasteiger partial charge >= 0.3 is 6.18 Å². The molecule has 1 aliphatic carbocycles. The fourth-order valence-corrected chi connectivity index (χ4v) is 2.82. The molecule has 0 radical (unpaired) electrons. The molecule has 2 aromatic rings. The molecule has 6 heteroatoms. The van der Waals surface area contributed by atoms with Gasteiger partial charge in [0.15, 0.2) is 5.76 Å². The van der Waals surface area contributed by atoms with Crippen LogP contribution in [0.15, 0.2) is 40.8 Å². The SMILES string of the molecule is Cc1ccc(C(=O)N(C2CC2)[C@H](C)c2cccc(C(F)(F)F)c2)o1. The van der Waals surface area contributed by atoms with Gasteiger partial charge in [0.25, 0.3) is 5.91 Å². The van der Waals surface area contributed by atoms with Gasteiger partial charge < -0.3 is 9.32 Å². The summed E-state index contributed by atoms with van der Waals surface area (Å²) in [5.41, 5.74) is -0.239. The van der Waals surface area contributed by atoms with Crippen LogP contribution in [0.3, 0.4) is 0 Å². The molecular formula is C18H18F3NO2. The van der Waals surface area contributed by atoms with Gasteiger partial charge in [0.2, 0.25) is 0 Å². The maximum Gasteiger partial charge on any atom is 0.416 e. The van der Waals surface area contributed by atoms with Gasteiger partial charge in [-0.05, 0) is 56.5 Å². The van der Waals surface area contributed by atoms with E-state index in [1.807, 2.05) is 0 Å². The second-order valence-corrected chi connectivity index (χ2v) is 6.15. The Labute approximate surface area is 138 Å². The maximum atomic E-state index is 12.9. The Hall–Kier alpha value is -2.24. The van der Waals surface area contributed by atoms with Crippen molar-refractivity contribution in [1.29, 1.82) is 0 Å². The molecule has 1 saturated carbocycles. The molecule has 3 nitrogen and oxygen atoms in total. The summed E-state index contributed by atoms with van der Waals surface area (Å²) in [7, 11) is 0. The van der Waals surface area contributed by atoms with Crippen LogP contribution in [0, 0.1) is 6.92 Å². The van der Waals surface area contributed by atoms with Gasteiger partial charge in [0.05, 0.1) is 11.6 Å². The highest BCUT2D eigenvalue weighted by atomic mass is 19.4. The van der Waals surface area contributed by atoms with E-state index in [0.717, 1.165) is 25.0 Å².